The van der Waals surface area contributed by atoms with Crippen LogP contribution in [0.4, 0.5) is 0 Å². The Hall–Kier alpha value is -1.84. The molecule has 0 bridgehead atoms. The van der Waals surface area contributed by atoms with E-state index in [1.807, 2.05) is 13.8 Å². The maximum absolute atomic E-state index is 12.7. The van der Waals surface area contributed by atoms with Crippen molar-refractivity contribution in [3.05, 3.63) is 35.4 Å². The number of carbonyl (C=O) groups excluding carboxylic acids is 2. The van der Waals surface area contributed by atoms with Crippen LogP contribution in [0, 0.1) is 11.8 Å². The number of benzene rings is 1. The molecule has 0 heterocycles. The van der Waals surface area contributed by atoms with Crippen molar-refractivity contribution >= 4 is 11.8 Å². The first kappa shape index (κ1) is 24.2. The second-order valence-electron chi connectivity index (χ2n) is 8.94. The molecule has 0 saturated heterocycles. The number of rotatable bonds is 12. The topological polar surface area (TPSA) is 58.2 Å². The van der Waals surface area contributed by atoms with Crippen LogP contribution in [-0.4, -0.2) is 23.9 Å². The van der Waals surface area contributed by atoms with Gasteiger partial charge in [0, 0.05) is 12.1 Å². The molecule has 2 N–H and O–H groups in total. The Kier molecular flexibility index (Phi) is 10.9. The Morgan fingerprint density at radius 3 is 1.36 bits per heavy atom. The van der Waals surface area contributed by atoms with Crippen molar-refractivity contribution < 1.29 is 9.59 Å². The maximum Gasteiger partial charge on any atom is 0.252 e. The highest BCUT2D eigenvalue weighted by molar-refractivity contribution is 6.07. The van der Waals surface area contributed by atoms with Crippen LogP contribution in [-0.2, 0) is 0 Å². The van der Waals surface area contributed by atoms with Gasteiger partial charge in [-0.3, -0.25) is 9.59 Å². The van der Waals surface area contributed by atoms with Gasteiger partial charge in [0.15, 0.2) is 0 Å². The highest BCUT2D eigenvalue weighted by atomic mass is 16.2. The van der Waals surface area contributed by atoms with Crippen LogP contribution >= 0.6 is 0 Å². The molecular formula is C24H40N2O2. The van der Waals surface area contributed by atoms with Gasteiger partial charge in [0.2, 0.25) is 0 Å². The van der Waals surface area contributed by atoms with Crippen molar-refractivity contribution in [1.29, 1.82) is 0 Å². The molecule has 4 nitrogen and oxygen atoms in total. The van der Waals surface area contributed by atoms with E-state index >= 15 is 0 Å². The molecule has 4 heteroatoms. The van der Waals surface area contributed by atoms with E-state index in [1.165, 1.54) is 0 Å². The normalized spacial score (nSPS) is 13.4. The van der Waals surface area contributed by atoms with Crippen LogP contribution in [0.25, 0.3) is 0 Å². The minimum absolute atomic E-state index is 0.0947. The molecule has 0 aliphatic rings. The lowest BCUT2D eigenvalue weighted by Gasteiger charge is -2.18. The first-order valence-corrected chi connectivity index (χ1v) is 10.9. The maximum atomic E-state index is 12.7. The molecular weight excluding hydrogens is 348 g/mol. The molecule has 28 heavy (non-hydrogen) atoms. The number of hydrogen-bond acceptors (Lipinski definition) is 2. The SMILES string of the molecule is CC(C)CCC[C@H](C)NC(=O)c1ccccc1C(=O)N[C@@H](C)CCCC(C)C. The van der Waals surface area contributed by atoms with Gasteiger partial charge >= 0.3 is 0 Å². The van der Waals surface area contributed by atoms with Gasteiger partial charge in [-0.15, -0.1) is 0 Å². The molecule has 2 atom stereocenters. The Morgan fingerprint density at radius 1 is 0.679 bits per heavy atom. The van der Waals surface area contributed by atoms with Crippen molar-refractivity contribution in [3.63, 3.8) is 0 Å². The zero-order valence-electron chi connectivity index (χ0n) is 18.7. The van der Waals surface area contributed by atoms with E-state index in [9.17, 15) is 9.59 Å². The zero-order chi connectivity index (χ0) is 21.1. The molecule has 1 rings (SSSR count). The smallest absolute Gasteiger partial charge is 0.252 e. The van der Waals surface area contributed by atoms with Gasteiger partial charge in [-0.05, 0) is 50.7 Å². The van der Waals surface area contributed by atoms with Crippen LogP contribution < -0.4 is 10.6 Å². The van der Waals surface area contributed by atoms with Gasteiger partial charge in [0.05, 0.1) is 11.1 Å². The third-order valence-corrected chi connectivity index (χ3v) is 5.01. The Bertz CT molecular complexity index is 557. The third kappa shape index (κ3) is 9.38. The Morgan fingerprint density at radius 2 is 1.04 bits per heavy atom. The molecule has 2 amide bonds. The summed E-state index contributed by atoms with van der Waals surface area (Å²) in [7, 11) is 0. The predicted octanol–water partition coefficient (Wildman–Crippen LogP) is 5.58. The number of hydrogen-bond donors (Lipinski definition) is 2. The molecule has 0 unspecified atom stereocenters. The lowest BCUT2D eigenvalue weighted by molar-refractivity contribution is 0.0902. The fourth-order valence-corrected chi connectivity index (χ4v) is 3.29. The molecule has 0 aliphatic carbocycles. The lowest BCUT2D eigenvalue weighted by atomic mass is 10.0. The monoisotopic (exact) mass is 388 g/mol. The average Bonchev–Trinajstić information content (AvgIpc) is 2.60. The van der Waals surface area contributed by atoms with Gasteiger partial charge in [-0.2, -0.15) is 0 Å². The second kappa shape index (κ2) is 12.6. The minimum atomic E-state index is -0.171. The fraction of sp³-hybridized carbons (Fsp3) is 0.667. The van der Waals surface area contributed by atoms with Gasteiger partial charge in [-0.1, -0.05) is 65.5 Å². The van der Waals surface area contributed by atoms with Gasteiger partial charge in [0.1, 0.15) is 0 Å². The molecule has 0 aliphatic heterocycles. The van der Waals surface area contributed by atoms with Gasteiger partial charge < -0.3 is 10.6 Å². The van der Waals surface area contributed by atoms with Crippen molar-refractivity contribution in [2.75, 3.05) is 0 Å². The summed E-state index contributed by atoms with van der Waals surface area (Å²) in [6.45, 7) is 12.9. The largest absolute Gasteiger partial charge is 0.350 e. The summed E-state index contributed by atoms with van der Waals surface area (Å²) in [4.78, 5) is 25.4. The van der Waals surface area contributed by atoms with Crippen LogP contribution in [0.5, 0.6) is 0 Å². The number of amides is 2. The summed E-state index contributed by atoms with van der Waals surface area (Å²) >= 11 is 0. The summed E-state index contributed by atoms with van der Waals surface area (Å²) in [5.74, 6) is 1.01. The number of carbonyl (C=O) groups is 2. The third-order valence-electron chi connectivity index (χ3n) is 5.01. The Labute approximate surface area is 171 Å². The van der Waals surface area contributed by atoms with E-state index < -0.39 is 0 Å². The highest BCUT2D eigenvalue weighted by Gasteiger charge is 2.19. The zero-order valence-corrected chi connectivity index (χ0v) is 18.7. The van der Waals surface area contributed by atoms with Crippen LogP contribution in [0.15, 0.2) is 24.3 Å². The summed E-state index contributed by atoms with van der Waals surface area (Å²) in [5.41, 5.74) is 0.898. The standard InChI is InChI=1S/C24H40N2O2/c1-17(2)11-9-13-19(5)25-23(27)21-15-7-8-16-22(21)24(28)26-20(6)14-10-12-18(3)4/h7-8,15-20H,9-14H2,1-6H3,(H,25,27)(H,26,28)/t19-,20-/m0/s1. The molecule has 0 fully saturated rings. The Balaban J connectivity index is 2.65. The highest BCUT2D eigenvalue weighted by Crippen LogP contribution is 2.13. The van der Waals surface area contributed by atoms with Crippen LogP contribution in [0.3, 0.4) is 0 Å². The molecule has 1 aromatic carbocycles. The summed E-state index contributed by atoms with van der Waals surface area (Å²) in [6, 6.07) is 7.26. The van der Waals surface area contributed by atoms with E-state index in [-0.39, 0.29) is 23.9 Å². The van der Waals surface area contributed by atoms with E-state index in [0.717, 1.165) is 38.5 Å². The van der Waals surface area contributed by atoms with Crippen molar-refractivity contribution in [3.8, 4) is 0 Å². The van der Waals surface area contributed by atoms with Gasteiger partial charge in [-0.25, -0.2) is 0 Å². The van der Waals surface area contributed by atoms with E-state index in [0.29, 0.717) is 23.0 Å². The quantitative estimate of drug-likeness (QED) is 0.491. The molecule has 0 saturated carbocycles. The summed E-state index contributed by atoms with van der Waals surface area (Å²) in [6.07, 6.45) is 6.41. The first-order valence-electron chi connectivity index (χ1n) is 10.9. The fourth-order valence-electron chi connectivity index (χ4n) is 3.29. The van der Waals surface area contributed by atoms with Crippen molar-refractivity contribution in [2.24, 2.45) is 11.8 Å². The second-order valence-corrected chi connectivity index (χ2v) is 8.94. The first-order chi connectivity index (χ1) is 13.2. The molecule has 1 aromatic rings. The summed E-state index contributed by atoms with van der Waals surface area (Å²) in [5, 5.41) is 6.09. The average molecular weight is 389 g/mol. The molecule has 158 valence electrons. The number of nitrogens with one attached hydrogen (secondary N) is 2. The predicted molar refractivity (Wildman–Crippen MR) is 118 cm³/mol. The minimum Gasteiger partial charge on any atom is -0.350 e. The lowest BCUT2D eigenvalue weighted by Crippen LogP contribution is -2.36. The van der Waals surface area contributed by atoms with Crippen molar-refractivity contribution in [2.45, 2.75) is 92.2 Å². The molecule has 0 radical (unpaired) electrons. The van der Waals surface area contributed by atoms with Crippen LogP contribution in [0.2, 0.25) is 0 Å². The van der Waals surface area contributed by atoms with Gasteiger partial charge in [0.25, 0.3) is 11.8 Å². The molecule has 0 spiro atoms. The van der Waals surface area contributed by atoms with E-state index in [4.69, 9.17) is 0 Å². The van der Waals surface area contributed by atoms with E-state index in [1.54, 1.807) is 24.3 Å². The van der Waals surface area contributed by atoms with E-state index in [2.05, 4.69) is 38.3 Å². The van der Waals surface area contributed by atoms with Crippen molar-refractivity contribution in [1.82, 2.24) is 10.6 Å². The van der Waals surface area contributed by atoms with Crippen LogP contribution in [0.1, 0.15) is 101 Å². The summed E-state index contributed by atoms with van der Waals surface area (Å²) < 4.78 is 0. The molecule has 0 aromatic heterocycles.